The van der Waals surface area contributed by atoms with Crippen LogP contribution in [0.5, 0.6) is 0 Å². The van der Waals surface area contributed by atoms with Crippen LogP contribution in [0.3, 0.4) is 0 Å². The number of carbonyl (C=O) groups is 1. The largest absolute Gasteiger partial charge is 0.349 e. The van der Waals surface area contributed by atoms with Crippen molar-refractivity contribution in [3.63, 3.8) is 0 Å². The topological polar surface area (TPSA) is 29.1 Å². The Morgan fingerprint density at radius 3 is 2.84 bits per heavy atom. The average molecular weight is 279 g/mol. The van der Waals surface area contributed by atoms with Gasteiger partial charge in [-0.05, 0) is 43.0 Å². The molecule has 0 aromatic heterocycles. The van der Waals surface area contributed by atoms with Gasteiger partial charge in [0.15, 0.2) is 0 Å². The van der Waals surface area contributed by atoms with Crippen molar-refractivity contribution in [2.75, 3.05) is 5.75 Å². The number of rotatable bonds is 2. The molecule has 1 aromatic rings. The summed E-state index contributed by atoms with van der Waals surface area (Å²) in [6.07, 6.45) is 5.21. The lowest BCUT2D eigenvalue weighted by molar-refractivity contribution is -0.125. The van der Waals surface area contributed by atoms with Crippen LogP contribution in [0.4, 0.5) is 4.39 Å². The second kappa shape index (κ2) is 5.53. The summed E-state index contributed by atoms with van der Waals surface area (Å²) in [6.45, 7) is 0. The number of nitrogens with one attached hydrogen (secondary N) is 1. The lowest BCUT2D eigenvalue weighted by Gasteiger charge is -2.27. The zero-order valence-electron chi connectivity index (χ0n) is 10.8. The zero-order valence-corrected chi connectivity index (χ0v) is 11.6. The fourth-order valence-corrected chi connectivity index (χ4v) is 4.10. The van der Waals surface area contributed by atoms with Crippen LogP contribution >= 0.6 is 11.8 Å². The van der Waals surface area contributed by atoms with Gasteiger partial charge in [0.05, 0.1) is 6.04 Å². The molecule has 3 rings (SSSR count). The highest BCUT2D eigenvalue weighted by Crippen LogP contribution is 2.37. The summed E-state index contributed by atoms with van der Waals surface area (Å²) in [7, 11) is 0. The van der Waals surface area contributed by atoms with E-state index in [2.05, 4.69) is 5.32 Å². The highest BCUT2D eigenvalue weighted by atomic mass is 32.2. The second-order valence-corrected chi connectivity index (χ2v) is 6.50. The van der Waals surface area contributed by atoms with Crippen molar-refractivity contribution in [3.05, 3.63) is 29.6 Å². The molecule has 2 nitrogen and oxygen atoms in total. The lowest BCUT2D eigenvalue weighted by atomic mass is 10.0. The molecule has 1 fully saturated rings. The van der Waals surface area contributed by atoms with Gasteiger partial charge in [0.1, 0.15) is 5.82 Å². The second-order valence-electron chi connectivity index (χ2n) is 5.36. The minimum Gasteiger partial charge on any atom is -0.349 e. The maximum absolute atomic E-state index is 13.4. The first-order chi connectivity index (χ1) is 9.24. The number of carbonyl (C=O) groups excluding carboxylic acids is 1. The maximum atomic E-state index is 13.4. The summed E-state index contributed by atoms with van der Waals surface area (Å²) in [5, 5.41) is 3.13. The molecular weight excluding hydrogens is 261 g/mol. The Morgan fingerprint density at radius 1 is 1.26 bits per heavy atom. The van der Waals surface area contributed by atoms with Gasteiger partial charge < -0.3 is 5.32 Å². The van der Waals surface area contributed by atoms with Gasteiger partial charge in [0, 0.05) is 16.6 Å². The Hall–Kier alpha value is -1.03. The Morgan fingerprint density at radius 2 is 2.05 bits per heavy atom. The first-order valence-corrected chi connectivity index (χ1v) is 7.95. The van der Waals surface area contributed by atoms with Crippen LogP contribution < -0.4 is 5.32 Å². The third-order valence-electron chi connectivity index (χ3n) is 4.05. The smallest absolute Gasteiger partial charge is 0.223 e. The monoisotopic (exact) mass is 279 g/mol. The summed E-state index contributed by atoms with van der Waals surface area (Å²) in [6, 6.07) is 4.87. The van der Waals surface area contributed by atoms with Crippen LogP contribution in [-0.4, -0.2) is 11.7 Å². The van der Waals surface area contributed by atoms with E-state index in [-0.39, 0.29) is 23.7 Å². The molecule has 0 spiro atoms. The van der Waals surface area contributed by atoms with Crippen LogP contribution in [0.1, 0.15) is 43.7 Å². The summed E-state index contributed by atoms with van der Waals surface area (Å²) < 4.78 is 13.4. The zero-order chi connectivity index (χ0) is 13.2. The van der Waals surface area contributed by atoms with Crippen molar-refractivity contribution in [2.24, 2.45) is 5.92 Å². The van der Waals surface area contributed by atoms with E-state index in [0.717, 1.165) is 48.3 Å². The van der Waals surface area contributed by atoms with E-state index in [0.29, 0.717) is 0 Å². The molecule has 1 heterocycles. The maximum Gasteiger partial charge on any atom is 0.223 e. The molecule has 1 N–H and O–H groups in total. The fourth-order valence-electron chi connectivity index (χ4n) is 2.99. The Labute approximate surface area is 117 Å². The number of hydrogen-bond acceptors (Lipinski definition) is 2. The van der Waals surface area contributed by atoms with E-state index in [1.807, 2.05) is 6.07 Å². The molecule has 1 aliphatic carbocycles. The van der Waals surface area contributed by atoms with E-state index in [9.17, 15) is 9.18 Å². The van der Waals surface area contributed by atoms with Crippen molar-refractivity contribution < 1.29 is 9.18 Å². The van der Waals surface area contributed by atoms with Gasteiger partial charge in [-0.25, -0.2) is 4.39 Å². The molecule has 0 unspecified atom stereocenters. The van der Waals surface area contributed by atoms with E-state index >= 15 is 0 Å². The predicted molar refractivity (Wildman–Crippen MR) is 74.6 cm³/mol. The van der Waals surface area contributed by atoms with E-state index in [4.69, 9.17) is 0 Å². The molecular formula is C15H18FNOS. The van der Waals surface area contributed by atoms with Gasteiger partial charge in [0.2, 0.25) is 5.91 Å². The SMILES string of the molecule is O=C(N[C@@H]1CCSc2ccc(F)cc21)C1CCCC1. The van der Waals surface area contributed by atoms with Crippen LogP contribution in [0.2, 0.25) is 0 Å². The third kappa shape index (κ3) is 2.78. The first kappa shape index (κ1) is 13.0. The number of benzene rings is 1. The van der Waals surface area contributed by atoms with Crippen molar-refractivity contribution in [1.29, 1.82) is 0 Å². The van der Waals surface area contributed by atoms with Crippen molar-refractivity contribution in [2.45, 2.75) is 43.0 Å². The van der Waals surface area contributed by atoms with E-state index in [1.165, 1.54) is 6.07 Å². The predicted octanol–water partition coefficient (Wildman–Crippen LogP) is 3.67. The number of thioether (sulfide) groups is 1. The Balaban J connectivity index is 1.75. The van der Waals surface area contributed by atoms with Gasteiger partial charge in [0.25, 0.3) is 0 Å². The summed E-state index contributed by atoms with van der Waals surface area (Å²) >= 11 is 1.74. The molecule has 1 amide bonds. The highest BCUT2D eigenvalue weighted by Gasteiger charge is 2.27. The Kier molecular flexibility index (Phi) is 3.78. The molecule has 0 bridgehead atoms. The number of hydrogen-bond donors (Lipinski definition) is 1. The van der Waals surface area contributed by atoms with Gasteiger partial charge in [-0.1, -0.05) is 12.8 Å². The Bertz CT molecular complexity index is 485. The quantitative estimate of drug-likeness (QED) is 0.895. The van der Waals surface area contributed by atoms with Crippen LogP contribution in [0.15, 0.2) is 23.1 Å². The standard InChI is InChI=1S/C15H18FNOS/c16-11-5-6-14-12(9-11)13(7-8-19-14)17-15(18)10-3-1-2-4-10/h5-6,9-10,13H,1-4,7-8H2,(H,17,18)/t13-/m1/s1. The minimum absolute atomic E-state index is 0.0138. The molecule has 1 atom stereocenters. The van der Waals surface area contributed by atoms with Crippen molar-refractivity contribution in [3.8, 4) is 0 Å². The van der Waals surface area contributed by atoms with Gasteiger partial charge in [-0.15, -0.1) is 11.8 Å². The van der Waals surface area contributed by atoms with Crippen molar-refractivity contribution in [1.82, 2.24) is 5.32 Å². The average Bonchev–Trinajstić information content (AvgIpc) is 2.93. The summed E-state index contributed by atoms with van der Waals surface area (Å²) in [4.78, 5) is 13.3. The molecule has 102 valence electrons. The number of amides is 1. The molecule has 1 aliphatic heterocycles. The molecule has 19 heavy (non-hydrogen) atoms. The molecule has 1 aromatic carbocycles. The molecule has 0 saturated heterocycles. The summed E-state index contributed by atoms with van der Waals surface area (Å²) in [5.74, 6) is 1.09. The van der Waals surface area contributed by atoms with Gasteiger partial charge in [-0.2, -0.15) is 0 Å². The minimum atomic E-state index is -0.221. The third-order valence-corrected chi connectivity index (χ3v) is 5.18. The first-order valence-electron chi connectivity index (χ1n) is 6.96. The fraction of sp³-hybridized carbons (Fsp3) is 0.533. The van der Waals surface area contributed by atoms with E-state index in [1.54, 1.807) is 17.8 Å². The molecule has 1 saturated carbocycles. The van der Waals surface area contributed by atoms with Crippen LogP contribution in [-0.2, 0) is 4.79 Å². The lowest BCUT2D eigenvalue weighted by Crippen LogP contribution is -2.34. The number of fused-ring (bicyclic) bond motifs is 1. The van der Waals surface area contributed by atoms with E-state index < -0.39 is 0 Å². The highest BCUT2D eigenvalue weighted by molar-refractivity contribution is 7.99. The van der Waals surface area contributed by atoms with Crippen molar-refractivity contribution >= 4 is 17.7 Å². The van der Waals surface area contributed by atoms with Crippen LogP contribution in [0.25, 0.3) is 0 Å². The molecule has 0 radical (unpaired) electrons. The molecule has 4 heteroatoms. The number of halogens is 1. The summed E-state index contributed by atoms with van der Waals surface area (Å²) in [5.41, 5.74) is 0.947. The van der Waals surface area contributed by atoms with Crippen LogP contribution in [0, 0.1) is 11.7 Å². The molecule has 2 aliphatic rings. The van der Waals surface area contributed by atoms with Gasteiger partial charge >= 0.3 is 0 Å². The normalized spacial score (nSPS) is 23.1. The van der Waals surface area contributed by atoms with Gasteiger partial charge in [-0.3, -0.25) is 4.79 Å².